The lowest BCUT2D eigenvalue weighted by atomic mass is 9.79. The van der Waals surface area contributed by atoms with E-state index in [9.17, 15) is 25.2 Å². The van der Waals surface area contributed by atoms with Crippen LogP contribution in [0.25, 0.3) is 0 Å². The Balaban J connectivity index is 2.22. The zero-order valence-electron chi connectivity index (χ0n) is 16.0. The van der Waals surface area contributed by atoms with Crippen molar-refractivity contribution < 1.29 is 44.2 Å². The highest BCUT2D eigenvalue weighted by molar-refractivity contribution is 5.73. The minimum absolute atomic E-state index is 0.224. The molecule has 5 N–H and O–H groups in total. The molecular formula is C17H31NO9. The van der Waals surface area contributed by atoms with Gasteiger partial charge in [-0.3, -0.25) is 4.79 Å². The lowest BCUT2D eigenvalue weighted by Crippen LogP contribution is -2.65. The van der Waals surface area contributed by atoms with Crippen molar-refractivity contribution in [2.45, 2.75) is 75.3 Å². The third-order valence-corrected chi connectivity index (χ3v) is 5.33. The van der Waals surface area contributed by atoms with Gasteiger partial charge < -0.3 is 44.7 Å². The van der Waals surface area contributed by atoms with Crippen LogP contribution in [-0.2, 0) is 23.7 Å². The Kier molecular flexibility index (Phi) is 7.95. The molecule has 0 spiro atoms. The van der Waals surface area contributed by atoms with E-state index in [1.165, 1.54) is 21.1 Å². The second-order valence-corrected chi connectivity index (χ2v) is 7.16. The van der Waals surface area contributed by atoms with Crippen LogP contribution in [0.15, 0.2) is 0 Å². The van der Waals surface area contributed by atoms with E-state index in [0.29, 0.717) is 0 Å². The molecule has 2 fully saturated rings. The average molecular weight is 393 g/mol. The molecule has 0 bridgehead atoms. The Morgan fingerprint density at radius 3 is 2.30 bits per heavy atom. The van der Waals surface area contributed by atoms with Gasteiger partial charge in [0.25, 0.3) is 0 Å². The largest absolute Gasteiger partial charge is 0.396 e. The number of aliphatic hydroxyl groups excluding tert-OH is 4. The molecule has 10 heteroatoms. The molecule has 0 aromatic carbocycles. The van der Waals surface area contributed by atoms with E-state index < -0.39 is 61.0 Å². The zero-order chi connectivity index (χ0) is 20.3. The SMILES string of the molecule is COC1OC(C)C(OC2CC(CO)C(O)C(OC)C2NC(C)=O)C(O)C1O. The van der Waals surface area contributed by atoms with Crippen molar-refractivity contribution >= 4 is 5.91 Å². The van der Waals surface area contributed by atoms with E-state index in [1.807, 2.05) is 0 Å². The molecule has 1 saturated carbocycles. The maximum absolute atomic E-state index is 11.6. The van der Waals surface area contributed by atoms with Gasteiger partial charge in [-0.2, -0.15) is 0 Å². The molecule has 10 nitrogen and oxygen atoms in total. The number of methoxy groups -OCH3 is 2. The molecular weight excluding hydrogens is 362 g/mol. The van der Waals surface area contributed by atoms with Gasteiger partial charge in [-0.05, 0) is 13.3 Å². The summed E-state index contributed by atoms with van der Waals surface area (Å²) in [6, 6.07) is -0.706. The van der Waals surface area contributed by atoms with E-state index in [1.54, 1.807) is 6.92 Å². The van der Waals surface area contributed by atoms with E-state index >= 15 is 0 Å². The van der Waals surface area contributed by atoms with Crippen LogP contribution in [0.2, 0.25) is 0 Å². The fourth-order valence-electron chi connectivity index (χ4n) is 3.89. The predicted molar refractivity (Wildman–Crippen MR) is 91.6 cm³/mol. The Morgan fingerprint density at radius 1 is 1.11 bits per heavy atom. The number of amides is 1. The third kappa shape index (κ3) is 4.77. The van der Waals surface area contributed by atoms with Crippen molar-refractivity contribution in [2.75, 3.05) is 20.8 Å². The highest BCUT2D eigenvalue weighted by Gasteiger charge is 2.50. The van der Waals surface area contributed by atoms with E-state index in [0.717, 1.165) is 0 Å². The molecule has 10 atom stereocenters. The average Bonchev–Trinajstić information content (AvgIpc) is 2.63. The standard InChI is InChI=1S/C17H31NO9/c1-7-15(13(22)14(23)17(25-4)26-7)27-10-5-9(6-19)12(21)16(24-3)11(10)18-8(2)20/h7,9-17,19,21-23H,5-6H2,1-4H3,(H,18,20). The number of rotatable bonds is 6. The van der Waals surface area contributed by atoms with Gasteiger partial charge in [0.2, 0.25) is 5.91 Å². The number of ether oxygens (including phenoxy) is 4. The van der Waals surface area contributed by atoms with Crippen LogP contribution in [0.3, 0.4) is 0 Å². The zero-order valence-corrected chi connectivity index (χ0v) is 16.0. The van der Waals surface area contributed by atoms with Gasteiger partial charge in [0.1, 0.15) is 24.4 Å². The van der Waals surface area contributed by atoms with Crippen molar-refractivity contribution in [3.05, 3.63) is 0 Å². The summed E-state index contributed by atoms with van der Waals surface area (Å²) in [4.78, 5) is 11.6. The summed E-state index contributed by atoms with van der Waals surface area (Å²) in [7, 11) is 2.76. The Morgan fingerprint density at radius 2 is 1.78 bits per heavy atom. The number of hydrogen-bond donors (Lipinski definition) is 5. The van der Waals surface area contributed by atoms with Gasteiger partial charge in [-0.25, -0.2) is 0 Å². The summed E-state index contributed by atoms with van der Waals surface area (Å²) in [6.07, 6.45) is -7.34. The molecule has 0 aromatic rings. The molecule has 0 aromatic heterocycles. The summed E-state index contributed by atoms with van der Waals surface area (Å²) in [5.74, 6) is -0.864. The number of carbonyl (C=O) groups excluding carboxylic acids is 1. The van der Waals surface area contributed by atoms with Crippen molar-refractivity contribution in [1.29, 1.82) is 0 Å². The minimum atomic E-state index is -1.31. The number of carbonyl (C=O) groups is 1. The first kappa shape index (κ1) is 22.4. The fraction of sp³-hybridized carbons (Fsp3) is 0.941. The first-order valence-corrected chi connectivity index (χ1v) is 9.03. The quantitative estimate of drug-likeness (QED) is 0.337. The first-order valence-electron chi connectivity index (χ1n) is 9.03. The molecule has 0 radical (unpaired) electrons. The molecule has 1 aliphatic heterocycles. The molecule has 2 rings (SSSR count). The highest BCUT2D eigenvalue weighted by Crippen LogP contribution is 2.33. The topological polar surface area (TPSA) is 147 Å². The van der Waals surface area contributed by atoms with Crippen molar-refractivity contribution in [3.63, 3.8) is 0 Å². The summed E-state index contributed by atoms with van der Waals surface area (Å²) in [5, 5.41) is 43.3. The van der Waals surface area contributed by atoms with Gasteiger partial charge >= 0.3 is 0 Å². The van der Waals surface area contributed by atoms with Gasteiger partial charge in [0.05, 0.1) is 24.4 Å². The van der Waals surface area contributed by atoms with Crippen LogP contribution >= 0.6 is 0 Å². The Labute approximate surface area is 158 Å². The van der Waals surface area contributed by atoms with Crippen LogP contribution in [0.1, 0.15) is 20.3 Å². The maximum Gasteiger partial charge on any atom is 0.217 e. The number of nitrogens with one attached hydrogen (secondary N) is 1. The van der Waals surface area contributed by atoms with Crippen molar-refractivity contribution in [3.8, 4) is 0 Å². The monoisotopic (exact) mass is 393 g/mol. The molecule has 158 valence electrons. The third-order valence-electron chi connectivity index (χ3n) is 5.33. The second kappa shape index (κ2) is 9.57. The molecule has 2 aliphatic rings. The van der Waals surface area contributed by atoms with Gasteiger partial charge in [-0.15, -0.1) is 0 Å². The smallest absolute Gasteiger partial charge is 0.217 e. The lowest BCUT2D eigenvalue weighted by Gasteiger charge is -2.47. The normalized spacial score (nSPS) is 45.5. The minimum Gasteiger partial charge on any atom is -0.396 e. The van der Waals surface area contributed by atoms with Crippen LogP contribution in [0, 0.1) is 5.92 Å². The van der Waals surface area contributed by atoms with Crippen LogP contribution in [-0.4, -0.2) is 102 Å². The first-order chi connectivity index (χ1) is 12.7. The van der Waals surface area contributed by atoms with Crippen molar-refractivity contribution in [2.24, 2.45) is 5.92 Å². The maximum atomic E-state index is 11.6. The van der Waals surface area contributed by atoms with Crippen LogP contribution < -0.4 is 5.32 Å². The highest BCUT2D eigenvalue weighted by atomic mass is 16.7. The second-order valence-electron chi connectivity index (χ2n) is 7.16. The molecule has 1 aliphatic carbocycles. The van der Waals surface area contributed by atoms with Gasteiger partial charge in [0.15, 0.2) is 6.29 Å². The summed E-state index contributed by atoms with van der Waals surface area (Å²) >= 11 is 0. The molecule has 10 unspecified atom stereocenters. The number of hydrogen-bond acceptors (Lipinski definition) is 9. The summed E-state index contributed by atoms with van der Waals surface area (Å²) < 4.78 is 21.9. The van der Waals surface area contributed by atoms with E-state index in [-0.39, 0.29) is 18.9 Å². The molecule has 1 heterocycles. The molecule has 27 heavy (non-hydrogen) atoms. The van der Waals surface area contributed by atoms with E-state index in [4.69, 9.17) is 18.9 Å². The van der Waals surface area contributed by atoms with Gasteiger partial charge in [0, 0.05) is 33.7 Å². The van der Waals surface area contributed by atoms with Gasteiger partial charge in [-0.1, -0.05) is 0 Å². The molecule has 1 amide bonds. The van der Waals surface area contributed by atoms with Crippen LogP contribution in [0.5, 0.6) is 0 Å². The van der Waals surface area contributed by atoms with E-state index in [2.05, 4.69) is 5.32 Å². The summed E-state index contributed by atoms with van der Waals surface area (Å²) in [5.41, 5.74) is 0. The Bertz CT molecular complexity index is 493. The summed E-state index contributed by atoms with van der Waals surface area (Å²) in [6.45, 7) is 2.72. The van der Waals surface area contributed by atoms with Crippen molar-refractivity contribution in [1.82, 2.24) is 5.32 Å². The fourth-order valence-corrected chi connectivity index (χ4v) is 3.89. The molecule has 1 saturated heterocycles. The number of aliphatic hydroxyl groups is 4. The lowest BCUT2D eigenvalue weighted by molar-refractivity contribution is -0.304. The Hall–Kier alpha value is -0.850. The van der Waals surface area contributed by atoms with Crippen LogP contribution in [0.4, 0.5) is 0 Å². The predicted octanol–water partition coefficient (Wildman–Crippen LogP) is -2.25.